The third kappa shape index (κ3) is 4.25. The van der Waals surface area contributed by atoms with Crippen molar-refractivity contribution < 1.29 is 27.2 Å². The van der Waals surface area contributed by atoms with E-state index in [1.54, 1.807) is 18.2 Å². The quantitative estimate of drug-likeness (QED) is 0.190. The van der Waals surface area contributed by atoms with Crippen molar-refractivity contribution >= 4 is 22.4 Å². The van der Waals surface area contributed by atoms with Crippen molar-refractivity contribution in [2.45, 2.75) is 25.2 Å². The van der Waals surface area contributed by atoms with Crippen molar-refractivity contribution in [3.8, 4) is 5.75 Å². The normalized spacial score (nSPS) is 15.8. The van der Waals surface area contributed by atoms with Crippen molar-refractivity contribution in [1.82, 2.24) is 9.13 Å². The Morgan fingerprint density at radius 2 is 1.82 bits per heavy atom. The van der Waals surface area contributed by atoms with Crippen LogP contribution in [-0.2, 0) is 12.7 Å². The summed E-state index contributed by atoms with van der Waals surface area (Å²) < 4.78 is 63.9. The summed E-state index contributed by atoms with van der Waals surface area (Å²) in [7, 11) is 1.40. The highest BCUT2D eigenvalue weighted by molar-refractivity contribution is 5.83. The largest absolute Gasteiger partial charge is 0.494 e. The molecule has 1 fully saturated rings. The Balaban J connectivity index is 1.61. The number of alkyl halides is 3. The van der Waals surface area contributed by atoms with Gasteiger partial charge in [-0.25, -0.2) is 9.18 Å². The number of nitro benzene ring substituents is 1. The summed E-state index contributed by atoms with van der Waals surface area (Å²) in [5, 5.41) is 11.5. The molecule has 8 nitrogen and oxygen atoms in total. The van der Waals surface area contributed by atoms with Gasteiger partial charge in [-0.05, 0) is 36.2 Å². The molecular formula is C26H22F4N4O4. The van der Waals surface area contributed by atoms with Crippen molar-refractivity contribution in [3.63, 3.8) is 0 Å². The number of methoxy groups -OCH3 is 1. The van der Waals surface area contributed by atoms with E-state index in [1.165, 1.54) is 51.5 Å². The van der Waals surface area contributed by atoms with E-state index in [1.807, 2.05) is 0 Å². The maximum atomic E-state index is 14.7. The summed E-state index contributed by atoms with van der Waals surface area (Å²) in [5.74, 6) is -0.442. The van der Waals surface area contributed by atoms with E-state index in [0.717, 1.165) is 12.1 Å². The van der Waals surface area contributed by atoms with E-state index in [9.17, 15) is 32.5 Å². The number of rotatable bonds is 6. The van der Waals surface area contributed by atoms with Crippen LogP contribution in [0, 0.1) is 15.9 Å². The molecule has 0 saturated carbocycles. The number of aromatic nitrogens is 2. The molecule has 0 N–H and O–H groups in total. The lowest BCUT2D eigenvalue weighted by Crippen LogP contribution is -2.30. The first-order valence-corrected chi connectivity index (χ1v) is 11.7. The predicted octanol–water partition coefficient (Wildman–Crippen LogP) is 5.38. The van der Waals surface area contributed by atoms with E-state index in [0.29, 0.717) is 23.2 Å². The van der Waals surface area contributed by atoms with E-state index in [-0.39, 0.29) is 36.6 Å². The number of nitro groups is 1. The van der Waals surface area contributed by atoms with Crippen LogP contribution in [0.3, 0.4) is 0 Å². The minimum Gasteiger partial charge on any atom is -0.494 e. The van der Waals surface area contributed by atoms with Crippen LogP contribution in [0.5, 0.6) is 5.75 Å². The molecule has 0 bridgehead atoms. The van der Waals surface area contributed by atoms with Gasteiger partial charge in [0.05, 0.1) is 35.7 Å². The first-order valence-electron chi connectivity index (χ1n) is 11.7. The Bertz CT molecular complexity index is 1590. The number of benzene rings is 3. The number of fused-ring (bicyclic) bond motifs is 1. The summed E-state index contributed by atoms with van der Waals surface area (Å²) >= 11 is 0. The third-order valence-corrected chi connectivity index (χ3v) is 6.82. The zero-order chi connectivity index (χ0) is 27.2. The van der Waals surface area contributed by atoms with Crippen LogP contribution in [0.25, 0.3) is 11.0 Å². The zero-order valence-electron chi connectivity index (χ0n) is 20.1. The van der Waals surface area contributed by atoms with Gasteiger partial charge >= 0.3 is 11.9 Å². The number of halogens is 4. The summed E-state index contributed by atoms with van der Waals surface area (Å²) in [6.07, 6.45) is -4.25. The first-order chi connectivity index (χ1) is 18.1. The highest BCUT2D eigenvalue weighted by atomic mass is 19.4. The molecule has 0 radical (unpaired) electrons. The molecule has 1 aromatic heterocycles. The molecule has 2 heterocycles. The maximum Gasteiger partial charge on any atom is 0.416 e. The van der Waals surface area contributed by atoms with Gasteiger partial charge in [0, 0.05) is 19.2 Å². The molecular weight excluding hydrogens is 508 g/mol. The van der Waals surface area contributed by atoms with Gasteiger partial charge < -0.3 is 9.64 Å². The topological polar surface area (TPSA) is 82.5 Å². The van der Waals surface area contributed by atoms with Gasteiger partial charge in [-0.1, -0.05) is 30.3 Å². The second kappa shape index (κ2) is 9.51. The third-order valence-electron chi connectivity index (χ3n) is 6.82. The van der Waals surface area contributed by atoms with Gasteiger partial charge in [-0.2, -0.15) is 13.2 Å². The molecule has 0 aliphatic carbocycles. The van der Waals surface area contributed by atoms with Crippen LogP contribution in [0.15, 0.2) is 65.5 Å². The number of hydrogen-bond donors (Lipinski definition) is 0. The van der Waals surface area contributed by atoms with E-state index in [4.69, 9.17) is 4.74 Å². The number of ether oxygens (including phenoxy) is 1. The molecule has 12 heteroatoms. The number of para-hydroxylation sites is 2. The van der Waals surface area contributed by atoms with Gasteiger partial charge in [-0.15, -0.1) is 0 Å². The van der Waals surface area contributed by atoms with Gasteiger partial charge in [0.2, 0.25) is 0 Å². The van der Waals surface area contributed by atoms with E-state index in [2.05, 4.69) is 0 Å². The number of hydrogen-bond acceptors (Lipinski definition) is 5. The molecule has 38 heavy (non-hydrogen) atoms. The molecule has 198 valence electrons. The molecule has 1 aliphatic rings. The average molecular weight is 530 g/mol. The van der Waals surface area contributed by atoms with E-state index >= 15 is 0 Å². The number of imidazole rings is 1. The van der Waals surface area contributed by atoms with Crippen LogP contribution >= 0.6 is 0 Å². The minimum absolute atomic E-state index is 0.0814. The molecule has 0 spiro atoms. The van der Waals surface area contributed by atoms with Crippen LogP contribution in [-0.4, -0.2) is 34.3 Å². The first kappa shape index (κ1) is 25.3. The van der Waals surface area contributed by atoms with Crippen molar-refractivity contribution in [1.29, 1.82) is 0 Å². The summed E-state index contributed by atoms with van der Waals surface area (Å²) in [4.78, 5) is 26.2. The standard InChI is InChI=1S/C26H22F4N4O4/c1-38-22-11-5-9-20-24(22)32(14-16-6-2-3-7-18(16)26(28,29)30)25(35)33(20)17-12-13-31(15-17)23-19(27)8-4-10-21(23)34(36)37/h2-11,17H,12-15H2,1H3/t17-/m1/s1. The van der Waals surface area contributed by atoms with Gasteiger partial charge in [0.15, 0.2) is 11.5 Å². The molecule has 4 aromatic rings. The molecule has 5 rings (SSSR count). The highest BCUT2D eigenvalue weighted by Gasteiger charge is 2.35. The second-order valence-corrected chi connectivity index (χ2v) is 8.97. The highest BCUT2D eigenvalue weighted by Crippen LogP contribution is 2.38. The molecule has 1 aliphatic heterocycles. The molecule has 3 aromatic carbocycles. The minimum atomic E-state index is -4.61. The Labute approximate surface area is 213 Å². The Kier molecular flexibility index (Phi) is 6.33. The second-order valence-electron chi connectivity index (χ2n) is 8.97. The SMILES string of the molecule is COc1cccc2c1n(Cc1ccccc1C(F)(F)F)c(=O)n2[C@@H]1CCN(c2c(F)cccc2[N+](=O)[O-])C1. The van der Waals surface area contributed by atoms with Gasteiger partial charge in [0.25, 0.3) is 5.69 Å². The van der Waals surface area contributed by atoms with Crippen LogP contribution in [0.2, 0.25) is 0 Å². The fraction of sp³-hybridized carbons (Fsp3) is 0.269. The Morgan fingerprint density at radius 1 is 1.08 bits per heavy atom. The number of nitrogens with zero attached hydrogens (tertiary/aromatic N) is 4. The van der Waals surface area contributed by atoms with Crippen LogP contribution < -0.4 is 15.3 Å². The Hall–Kier alpha value is -4.35. The predicted molar refractivity (Wildman–Crippen MR) is 132 cm³/mol. The van der Waals surface area contributed by atoms with E-state index < -0.39 is 34.2 Å². The molecule has 1 saturated heterocycles. The van der Waals surface area contributed by atoms with Gasteiger partial charge in [-0.3, -0.25) is 19.2 Å². The molecule has 0 unspecified atom stereocenters. The average Bonchev–Trinajstić information content (AvgIpc) is 3.46. The fourth-order valence-corrected chi connectivity index (χ4v) is 5.19. The van der Waals surface area contributed by atoms with Crippen LogP contribution in [0.1, 0.15) is 23.6 Å². The molecule has 0 amide bonds. The summed E-state index contributed by atoms with van der Waals surface area (Å²) in [6, 6.07) is 13.1. The van der Waals surface area contributed by atoms with Gasteiger partial charge in [0.1, 0.15) is 11.3 Å². The lowest BCUT2D eigenvalue weighted by atomic mass is 10.1. The van der Waals surface area contributed by atoms with Crippen molar-refractivity contribution in [3.05, 3.63) is 98.2 Å². The smallest absolute Gasteiger partial charge is 0.416 e. The Morgan fingerprint density at radius 3 is 2.53 bits per heavy atom. The lowest BCUT2D eigenvalue weighted by Gasteiger charge is -2.19. The van der Waals surface area contributed by atoms with Crippen molar-refractivity contribution in [2.24, 2.45) is 0 Å². The molecule has 1 atom stereocenters. The summed E-state index contributed by atoms with van der Waals surface area (Å²) in [6.45, 7) is -0.0167. The van der Waals surface area contributed by atoms with Crippen LogP contribution in [0.4, 0.5) is 28.9 Å². The maximum absolute atomic E-state index is 14.7. The zero-order valence-corrected chi connectivity index (χ0v) is 20.1. The lowest BCUT2D eigenvalue weighted by molar-refractivity contribution is -0.384. The number of anilines is 1. The van der Waals surface area contributed by atoms with Crippen molar-refractivity contribution in [2.75, 3.05) is 25.1 Å². The fourth-order valence-electron chi connectivity index (χ4n) is 5.19. The monoisotopic (exact) mass is 530 g/mol. The summed E-state index contributed by atoms with van der Waals surface area (Å²) in [5.41, 5.74) is -1.26.